The number of benzene rings is 2. The first kappa shape index (κ1) is 12.9. The highest BCUT2D eigenvalue weighted by Gasteiger charge is 2.29. The molecule has 0 saturated heterocycles. The number of fused-ring (bicyclic) bond motifs is 3. The number of esters is 1. The van der Waals surface area contributed by atoms with E-state index in [0.29, 0.717) is 0 Å². The third-order valence-corrected chi connectivity index (χ3v) is 3.66. The van der Waals surface area contributed by atoms with E-state index in [1.165, 1.54) is 0 Å². The van der Waals surface area contributed by atoms with Crippen LogP contribution in [0.25, 0.3) is 11.1 Å². The Balaban J connectivity index is 1.95. The lowest BCUT2D eigenvalue weighted by Crippen LogP contribution is -2.16. The fourth-order valence-corrected chi connectivity index (χ4v) is 2.71. The van der Waals surface area contributed by atoms with Crippen LogP contribution in [0.4, 0.5) is 0 Å². The van der Waals surface area contributed by atoms with Crippen molar-refractivity contribution in [2.75, 3.05) is 6.61 Å². The predicted octanol–water partition coefficient (Wildman–Crippen LogP) is 3.11. The Kier molecular flexibility index (Phi) is 3.28. The number of ether oxygens (including phenoxy) is 1. The van der Waals surface area contributed by atoms with Crippen LogP contribution in [-0.4, -0.2) is 17.8 Å². The van der Waals surface area contributed by atoms with Crippen molar-refractivity contribution in [3.05, 3.63) is 59.7 Å². The van der Waals surface area contributed by atoms with Crippen LogP contribution in [0.15, 0.2) is 48.5 Å². The Morgan fingerprint density at radius 2 is 1.45 bits per heavy atom. The molecule has 0 bridgehead atoms. The van der Waals surface area contributed by atoms with E-state index in [9.17, 15) is 9.59 Å². The van der Waals surface area contributed by atoms with Gasteiger partial charge in [-0.25, -0.2) is 4.79 Å². The van der Waals surface area contributed by atoms with E-state index in [2.05, 4.69) is 0 Å². The molecular formula is C16H11ClO3. The summed E-state index contributed by atoms with van der Waals surface area (Å²) in [6.07, 6.45) is 0. The van der Waals surface area contributed by atoms with Gasteiger partial charge in [-0.15, -0.1) is 0 Å². The first-order valence-corrected chi connectivity index (χ1v) is 6.61. The van der Waals surface area contributed by atoms with Crippen molar-refractivity contribution in [1.82, 2.24) is 0 Å². The molecule has 0 radical (unpaired) electrons. The van der Waals surface area contributed by atoms with Gasteiger partial charge in [-0.1, -0.05) is 48.5 Å². The molecule has 2 aromatic carbocycles. The predicted molar refractivity (Wildman–Crippen MR) is 75.5 cm³/mol. The minimum absolute atomic E-state index is 0.0534. The summed E-state index contributed by atoms with van der Waals surface area (Å²) in [6, 6.07) is 16.0. The molecule has 1 aliphatic rings. The van der Waals surface area contributed by atoms with Crippen molar-refractivity contribution in [2.45, 2.75) is 5.92 Å². The van der Waals surface area contributed by atoms with Crippen LogP contribution in [0, 0.1) is 0 Å². The second kappa shape index (κ2) is 5.10. The molecule has 0 aliphatic heterocycles. The number of rotatable bonds is 3. The molecule has 0 heterocycles. The zero-order valence-corrected chi connectivity index (χ0v) is 11.3. The second-order valence-corrected chi connectivity index (χ2v) is 4.94. The van der Waals surface area contributed by atoms with Crippen LogP contribution in [0.1, 0.15) is 17.0 Å². The summed E-state index contributed by atoms with van der Waals surface area (Å²) in [5, 5.41) is -1.09. The minimum Gasteiger partial charge on any atom is -0.458 e. The molecular weight excluding hydrogens is 276 g/mol. The fourth-order valence-electron chi connectivity index (χ4n) is 2.66. The Labute approximate surface area is 121 Å². The first-order chi connectivity index (χ1) is 9.68. The third-order valence-electron chi connectivity index (χ3n) is 3.50. The number of carbonyl (C=O) groups excluding carboxylic acids is 2. The summed E-state index contributed by atoms with van der Waals surface area (Å²) in [4.78, 5) is 22.0. The summed E-state index contributed by atoms with van der Waals surface area (Å²) in [5.41, 5.74) is 4.48. The molecule has 0 atom stereocenters. The zero-order valence-electron chi connectivity index (χ0n) is 10.5. The molecule has 0 fully saturated rings. The molecule has 0 amide bonds. The van der Waals surface area contributed by atoms with E-state index in [1.54, 1.807) is 0 Å². The molecule has 0 saturated carbocycles. The van der Waals surface area contributed by atoms with Crippen LogP contribution in [0.3, 0.4) is 0 Å². The average Bonchev–Trinajstić information content (AvgIpc) is 2.79. The highest BCUT2D eigenvalue weighted by molar-refractivity contribution is 6.80. The van der Waals surface area contributed by atoms with Gasteiger partial charge in [0, 0.05) is 5.92 Å². The van der Waals surface area contributed by atoms with Gasteiger partial charge >= 0.3 is 11.2 Å². The number of hydrogen-bond acceptors (Lipinski definition) is 3. The lowest BCUT2D eigenvalue weighted by molar-refractivity contribution is -0.150. The molecule has 0 aromatic heterocycles. The molecule has 0 N–H and O–H groups in total. The van der Waals surface area contributed by atoms with E-state index in [4.69, 9.17) is 16.3 Å². The Morgan fingerprint density at radius 3 is 1.95 bits per heavy atom. The zero-order chi connectivity index (χ0) is 14.1. The van der Waals surface area contributed by atoms with Gasteiger partial charge in [0.15, 0.2) is 0 Å². The van der Waals surface area contributed by atoms with Crippen LogP contribution < -0.4 is 0 Å². The van der Waals surface area contributed by atoms with Gasteiger partial charge in [0.1, 0.15) is 6.61 Å². The number of halogens is 1. The van der Waals surface area contributed by atoms with Crippen molar-refractivity contribution in [3.63, 3.8) is 0 Å². The van der Waals surface area contributed by atoms with Crippen molar-refractivity contribution < 1.29 is 14.3 Å². The van der Waals surface area contributed by atoms with Crippen LogP contribution in [0.5, 0.6) is 0 Å². The van der Waals surface area contributed by atoms with Gasteiger partial charge in [-0.3, -0.25) is 4.79 Å². The van der Waals surface area contributed by atoms with Crippen molar-refractivity contribution in [3.8, 4) is 11.1 Å². The van der Waals surface area contributed by atoms with E-state index >= 15 is 0 Å². The van der Waals surface area contributed by atoms with Gasteiger partial charge in [0.25, 0.3) is 0 Å². The lowest BCUT2D eigenvalue weighted by Gasteiger charge is -2.13. The smallest absolute Gasteiger partial charge is 0.391 e. The molecule has 0 spiro atoms. The normalized spacial score (nSPS) is 12.7. The molecule has 0 unspecified atom stereocenters. The van der Waals surface area contributed by atoms with Crippen molar-refractivity contribution in [2.24, 2.45) is 0 Å². The maximum atomic E-state index is 11.2. The molecule has 3 rings (SSSR count). The maximum absolute atomic E-state index is 11.2. The molecule has 20 heavy (non-hydrogen) atoms. The quantitative estimate of drug-likeness (QED) is 0.495. The van der Waals surface area contributed by atoms with E-state index in [0.717, 1.165) is 22.3 Å². The van der Waals surface area contributed by atoms with Gasteiger partial charge in [0.05, 0.1) is 0 Å². The summed E-state index contributed by atoms with van der Waals surface area (Å²) in [5.74, 6) is -1.06. The molecule has 2 aromatic rings. The molecule has 1 aliphatic carbocycles. The van der Waals surface area contributed by atoms with Gasteiger partial charge in [-0.05, 0) is 33.9 Å². The molecule has 100 valence electrons. The van der Waals surface area contributed by atoms with E-state index in [-0.39, 0.29) is 12.5 Å². The summed E-state index contributed by atoms with van der Waals surface area (Å²) >= 11 is 5.10. The Hall–Kier alpha value is -2.13. The molecule has 4 heteroatoms. The average molecular weight is 287 g/mol. The highest BCUT2D eigenvalue weighted by atomic mass is 35.5. The monoisotopic (exact) mass is 286 g/mol. The maximum Gasteiger partial charge on any atom is 0.391 e. The SMILES string of the molecule is O=C(Cl)C(=O)OCC1c2ccccc2-c2ccccc21. The first-order valence-electron chi connectivity index (χ1n) is 6.23. The standard InChI is InChI=1S/C16H11ClO3/c17-15(18)16(19)20-9-14-12-7-3-1-5-10(12)11-6-2-4-8-13(11)14/h1-8,14H,9H2. The van der Waals surface area contributed by atoms with Crippen LogP contribution in [0.2, 0.25) is 0 Å². The lowest BCUT2D eigenvalue weighted by atomic mass is 9.98. The van der Waals surface area contributed by atoms with Crippen molar-refractivity contribution >= 4 is 22.8 Å². The Bertz CT molecular complexity index is 648. The second-order valence-electron chi connectivity index (χ2n) is 4.60. The summed E-state index contributed by atoms with van der Waals surface area (Å²) in [6.45, 7) is 0.116. The van der Waals surface area contributed by atoms with Gasteiger partial charge in [0.2, 0.25) is 0 Å². The minimum atomic E-state index is -1.09. The topological polar surface area (TPSA) is 43.4 Å². The van der Waals surface area contributed by atoms with Crippen LogP contribution >= 0.6 is 11.6 Å². The van der Waals surface area contributed by atoms with E-state index in [1.807, 2.05) is 48.5 Å². The summed E-state index contributed by atoms with van der Waals surface area (Å²) in [7, 11) is 0. The largest absolute Gasteiger partial charge is 0.458 e. The van der Waals surface area contributed by atoms with Gasteiger partial charge in [-0.2, -0.15) is 0 Å². The fraction of sp³-hybridized carbons (Fsp3) is 0.125. The third kappa shape index (κ3) is 2.10. The molecule has 3 nitrogen and oxygen atoms in total. The van der Waals surface area contributed by atoms with Gasteiger partial charge < -0.3 is 4.74 Å². The van der Waals surface area contributed by atoms with Crippen molar-refractivity contribution in [1.29, 1.82) is 0 Å². The van der Waals surface area contributed by atoms with Crippen LogP contribution in [-0.2, 0) is 14.3 Å². The highest BCUT2D eigenvalue weighted by Crippen LogP contribution is 2.44. The van der Waals surface area contributed by atoms with E-state index < -0.39 is 11.2 Å². The number of carbonyl (C=O) groups is 2. The Morgan fingerprint density at radius 1 is 0.950 bits per heavy atom. The number of hydrogen-bond donors (Lipinski definition) is 0. The summed E-state index contributed by atoms with van der Waals surface area (Å²) < 4.78 is 4.98.